The minimum absolute atomic E-state index is 0.0770. The van der Waals surface area contributed by atoms with Gasteiger partial charge in [0.1, 0.15) is 13.2 Å². The van der Waals surface area contributed by atoms with Crippen molar-refractivity contribution in [3.05, 3.63) is 53.6 Å². The molecule has 0 aromatic heterocycles. The van der Waals surface area contributed by atoms with Gasteiger partial charge in [-0.15, -0.1) is 0 Å². The van der Waals surface area contributed by atoms with Crippen LogP contribution in [0, 0.1) is 17.6 Å². The molecule has 2 aromatic rings. The van der Waals surface area contributed by atoms with Crippen LogP contribution in [0.1, 0.15) is 23.2 Å². The van der Waals surface area contributed by atoms with Crippen LogP contribution in [0.5, 0.6) is 11.5 Å². The number of rotatable bonds is 4. The third-order valence-corrected chi connectivity index (χ3v) is 7.07. The van der Waals surface area contributed by atoms with Gasteiger partial charge in [-0.2, -0.15) is 4.31 Å². The Kier molecular flexibility index (Phi) is 5.26. The van der Waals surface area contributed by atoms with Crippen LogP contribution in [0.4, 0.5) is 8.78 Å². The second kappa shape index (κ2) is 7.72. The summed E-state index contributed by atoms with van der Waals surface area (Å²) >= 11 is 0. The number of fused-ring (bicyclic) bond motifs is 1. The number of benzene rings is 2. The van der Waals surface area contributed by atoms with E-state index in [1.807, 2.05) is 0 Å². The smallest absolute Gasteiger partial charge is 0.243 e. The highest BCUT2D eigenvalue weighted by molar-refractivity contribution is 7.89. The van der Waals surface area contributed by atoms with Gasteiger partial charge in [0.05, 0.1) is 4.90 Å². The molecule has 0 unspecified atom stereocenters. The van der Waals surface area contributed by atoms with Crippen molar-refractivity contribution in [3.8, 4) is 11.5 Å². The Morgan fingerprint density at radius 1 is 0.931 bits per heavy atom. The van der Waals surface area contributed by atoms with Gasteiger partial charge in [0.15, 0.2) is 28.9 Å². The molecular formula is C20H19F2NO5S. The van der Waals surface area contributed by atoms with Gasteiger partial charge in [-0.25, -0.2) is 17.2 Å². The molecule has 0 bridgehead atoms. The Morgan fingerprint density at radius 3 is 2.31 bits per heavy atom. The predicted molar refractivity (Wildman–Crippen MR) is 99.6 cm³/mol. The molecule has 1 fully saturated rings. The maximum Gasteiger partial charge on any atom is 0.243 e. The van der Waals surface area contributed by atoms with E-state index in [0.29, 0.717) is 49.2 Å². The summed E-state index contributed by atoms with van der Waals surface area (Å²) in [4.78, 5) is 12.5. The Bertz CT molecular complexity index is 1050. The highest BCUT2D eigenvalue weighted by Gasteiger charge is 2.33. The maximum absolute atomic E-state index is 13.4. The average Bonchev–Trinajstić information content (AvgIpc) is 2.74. The summed E-state index contributed by atoms with van der Waals surface area (Å²) < 4.78 is 64.1. The molecule has 6 nitrogen and oxygen atoms in total. The van der Waals surface area contributed by atoms with Crippen LogP contribution < -0.4 is 9.47 Å². The molecule has 0 amide bonds. The van der Waals surface area contributed by atoms with Crippen molar-refractivity contribution >= 4 is 15.8 Å². The van der Waals surface area contributed by atoms with E-state index in [1.54, 1.807) is 18.2 Å². The largest absolute Gasteiger partial charge is 0.486 e. The summed E-state index contributed by atoms with van der Waals surface area (Å²) in [6.45, 7) is 1.14. The molecule has 2 aliphatic heterocycles. The van der Waals surface area contributed by atoms with Crippen LogP contribution in [0.2, 0.25) is 0 Å². The van der Waals surface area contributed by atoms with Gasteiger partial charge in [0.25, 0.3) is 0 Å². The highest BCUT2D eigenvalue weighted by atomic mass is 32.2. The number of ether oxygens (including phenoxy) is 2. The molecule has 9 heteroatoms. The van der Waals surface area contributed by atoms with Gasteiger partial charge in [-0.05, 0) is 49.2 Å². The summed E-state index contributed by atoms with van der Waals surface area (Å²) in [6, 6.07) is 7.55. The number of hydrogen-bond donors (Lipinski definition) is 0. The molecule has 29 heavy (non-hydrogen) atoms. The number of carbonyl (C=O) groups excluding carboxylic acids is 1. The first-order chi connectivity index (χ1) is 13.9. The monoisotopic (exact) mass is 423 g/mol. The van der Waals surface area contributed by atoms with Crippen LogP contribution in [-0.4, -0.2) is 44.8 Å². The molecule has 2 aromatic carbocycles. The normalized spacial score (nSPS) is 17.9. The molecule has 0 atom stereocenters. The molecule has 0 radical (unpaired) electrons. The number of halogens is 2. The van der Waals surface area contributed by atoms with Gasteiger partial charge >= 0.3 is 0 Å². The second-order valence-corrected chi connectivity index (χ2v) is 8.91. The van der Waals surface area contributed by atoms with Crippen LogP contribution in [0.25, 0.3) is 0 Å². The first-order valence-electron chi connectivity index (χ1n) is 9.25. The summed E-state index contributed by atoms with van der Waals surface area (Å²) in [6.07, 6.45) is 0.687. The van der Waals surface area contributed by atoms with E-state index in [2.05, 4.69) is 0 Å². The van der Waals surface area contributed by atoms with Gasteiger partial charge in [0.2, 0.25) is 10.0 Å². The Morgan fingerprint density at radius 2 is 1.62 bits per heavy atom. The molecule has 0 N–H and O–H groups in total. The first-order valence-corrected chi connectivity index (χ1v) is 10.7. The number of nitrogens with zero attached hydrogens (tertiary/aromatic N) is 1. The van der Waals surface area contributed by atoms with Crippen molar-refractivity contribution in [1.82, 2.24) is 4.31 Å². The van der Waals surface area contributed by atoms with Crippen molar-refractivity contribution in [2.45, 2.75) is 17.7 Å². The quantitative estimate of drug-likeness (QED) is 0.707. The van der Waals surface area contributed by atoms with E-state index >= 15 is 0 Å². The number of carbonyl (C=O) groups is 1. The standard InChI is InChI=1S/C20H19F2NO5S/c21-16-3-2-15(12-17(16)22)29(25,26)23-7-5-13(6-8-23)20(24)14-1-4-18-19(11-14)28-10-9-27-18/h1-4,11-13H,5-10H2. The third kappa shape index (κ3) is 3.84. The van der Waals surface area contributed by atoms with E-state index in [-0.39, 0.29) is 29.7 Å². The van der Waals surface area contributed by atoms with Crippen LogP contribution >= 0.6 is 0 Å². The lowest BCUT2D eigenvalue weighted by Crippen LogP contribution is -2.40. The summed E-state index contributed by atoms with van der Waals surface area (Å²) in [5.41, 5.74) is 0.496. The maximum atomic E-state index is 13.4. The molecule has 2 heterocycles. The van der Waals surface area contributed by atoms with Crippen molar-refractivity contribution in [2.75, 3.05) is 26.3 Å². The fourth-order valence-electron chi connectivity index (χ4n) is 3.58. The van der Waals surface area contributed by atoms with Gasteiger partial charge < -0.3 is 9.47 Å². The number of piperidine rings is 1. The lowest BCUT2D eigenvalue weighted by atomic mass is 9.89. The minimum Gasteiger partial charge on any atom is -0.486 e. The SMILES string of the molecule is O=C(c1ccc2c(c1)OCCO2)C1CCN(S(=O)(=O)c2ccc(F)c(F)c2)CC1. The molecular weight excluding hydrogens is 404 g/mol. The van der Waals surface area contributed by atoms with Crippen molar-refractivity contribution < 1.29 is 31.5 Å². The number of Topliss-reactive ketones (excluding diaryl/α,β-unsaturated/α-hetero) is 1. The van der Waals surface area contributed by atoms with Crippen molar-refractivity contribution in [3.63, 3.8) is 0 Å². The molecule has 0 aliphatic carbocycles. The van der Waals surface area contributed by atoms with Crippen molar-refractivity contribution in [1.29, 1.82) is 0 Å². The number of sulfonamides is 1. The first kappa shape index (κ1) is 19.8. The third-order valence-electron chi connectivity index (χ3n) is 5.18. The minimum atomic E-state index is -3.95. The molecule has 0 saturated carbocycles. The zero-order valence-corrected chi connectivity index (χ0v) is 16.3. The Balaban J connectivity index is 1.45. The fraction of sp³-hybridized carbons (Fsp3) is 0.350. The van der Waals surface area contributed by atoms with Gasteiger partial charge in [-0.1, -0.05) is 0 Å². The molecule has 0 spiro atoms. The van der Waals surface area contributed by atoms with Crippen LogP contribution in [0.15, 0.2) is 41.3 Å². The number of hydrogen-bond acceptors (Lipinski definition) is 5. The zero-order valence-electron chi connectivity index (χ0n) is 15.4. The van der Waals surface area contributed by atoms with Crippen molar-refractivity contribution in [2.24, 2.45) is 5.92 Å². The van der Waals surface area contributed by atoms with Crippen LogP contribution in [0.3, 0.4) is 0 Å². The lowest BCUT2D eigenvalue weighted by Gasteiger charge is -2.30. The predicted octanol–water partition coefficient (Wildman–Crippen LogP) is 3.02. The summed E-state index contributed by atoms with van der Waals surface area (Å²) in [7, 11) is -3.95. The topological polar surface area (TPSA) is 72.9 Å². The Labute approximate surface area is 167 Å². The van der Waals surface area contributed by atoms with Gasteiger partial charge in [0, 0.05) is 24.6 Å². The summed E-state index contributed by atoms with van der Waals surface area (Å²) in [5.74, 6) is -1.59. The fourth-order valence-corrected chi connectivity index (χ4v) is 5.06. The van der Waals surface area contributed by atoms with E-state index in [1.165, 1.54) is 4.31 Å². The molecule has 154 valence electrons. The van der Waals surface area contributed by atoms with Gasteiger partial charge in [-0.3, -0.25) is 4.79 Å². The highest BCUT2D eigenvalue weighted by Crippen LogP contribution is 2.33. The summed E-state index contributed by atoms with van der Waals surface area (Å²) in [5, 5.41) is 0. The average molecular weight is 423 g/mol. The van der Waals surface area contributed by atoms with Crippen LogP contribution in [-0.2, 0) is 10.0 Å². The molecule has 2 aliphatic rings. The van der Waals surface area contributed by atoms with E-state index in [4.69, 9.17) is 9.47 Å². The number of ketones is 1. The second-order valence-electron chi connectivity index (χ2n) is 6.98. The lowest BCUT2D eigenvalue weighted by molar-refractivity contribution is 0.0874. The van der Waals surface area contributed by atoms with E-state index in [9.17, 15) is 22.0 Å². The molecule has 4 rings (SSSR count). The van der Waals surface area contributed by atoms with E-state index in [0.717, 1.165) is 12.1 Å². The van der Waals surface area contributed by atoms with E-state index < -0.39 is 21.7 Å². The molecule has 1 saturated heterocycles. The Hall–Kier alpha value is -2.52. The zero-order chi connectivity index (χ0) is 20.6.